The van der Waals surface area contributed by atoms with Gasteiger partial charge in [-0.3, -0.25) is 13.9 Å². The van der Waals surface area contributed by atoms with Crippen molar-refractivity contribution in [3.05, 3.63) is 94.0 Å². The largest absolute Gasteiger partial charge is 0.355 e. The maximum Gasteiger partial charge on any atom is 0.264 e. The van der Waals surface area contributed by atoms with Gasteiger partial charge in [0.15, 0.2) is 0 Å². The Labute approximate surface area is 228 Å². The van der Waals surface area contributed by atoms with Crippen molar-refractivity contribution in [2.45, 2.75) is 38.3 Å². The molecule has 1 N–H and O–H groups in total. The highest BCUT2D eigenvalue weighted by molar-refractivity contribution is 7.92. The lowest BCUT2D eigenvalue weighted by Crippen LogP contribution is -2.51. The molecular weight excluding hydrogens is 533 g/mol. The number of benzene rings is 3. The summed E-state index contributed by atoms with van der Waals surface area (Å²) in [5.74, 6) is -0.916. The van der Waals surface area contributed by atoms with Crippen LogP contribution in [0.4, 0.5) is 5.69 Å². The fraction of sp³-hybridized carbons (Fsp3) is 0.259. The van der Waals surface area contributed by atoms with Gasteiger partial charge in [0.25, 0.3) is 10.0 Å². The molecule has 3 aromatic carbocycles. The number of amides is 2. The molecule has 10 heteroatoms. The minimum absolute atomic E-state index is 0.00120. The van der Waals surface area contributed by atoms with Gasteiger partial charge in [0.05, 0.1) is 20.6 Å². The van der Waals surface area contributed by atoms with Crippen molar-refractivity contribution >= 4 is 50.7 Å². The molecule has 196 valence electrons. The predicted octanol–water partition coefficient (Wildman–Crippen LogP) is 5.05. The maximum absolute atomic E-state index is 13.8. The van der Waals surface area contributed by atoms with E-state index in [0.717, 1.165) is 15.4 Å². The smallest absolute Gasteiger partial charge is 0.264 e. The van der Waals surface area contributed by atoms with Crippen LogP contribution in [-0.2, 0) is 26.2 Å². The minimum atomic E-state index is -4.22. The third kappa shape index (κ3) is 6.63. The number of hydrogen-bond donors (Lipinski definition) is 1. The summed E-state index contributed by atoms with van der Waals surface area (Å²) in [5, 5.41) is 2.88. The van der Waals surface area contributed by atoms with Gasteiger partial charge in [-0.2, -0.15) is 0 Å². The lowest BCUT2D eigenvalue weighted by Gasteiger charge is -2.32. The van der Waals surface area contributed by atoms with E-state index in [1.807, 2.05) is 31.2 Å². The van der Waals surface area contributed by atoms with E-state index >= 15 is 0 Å². The zero-order chi connectivity index (χ0) is 27.2. The Hall–Kier alpha value is -3.07. The molecule has 0 aliphatic carbocycles. The number of sulfonamides is 1. The van der Waals surface area contributed by atoms with Gasteiger partial charge in [0, 0.05) is 13.1 Å². The Bertz CT molecular complexity index is 1370. The van der Waals surface area contributed by atoms with Crippen LogP contribution in [0.25, 0.3) is 0 Å². The maximum atomic E-state index is 13.8. The first-order valence-corrected chi connectivity index (χ1v) is 13.9. The summed E-state index contributed by atoms with van der Waals surface area (Å²) in [7, 11) is -4.22. The highest BCUT2D eigenvalue weighted by Crippen LogP contribution is 2.35. The summed E-state index contributed by atoms with van der Waals surface area (Å²) in [6.07, 6.45) is 0. The van der Waals surface area contributed by atoms with E-state index in [0.29, 0.717) is 6.54 Å². The van der Waals surface area contributed by atoms with Crippen molar-refractivity contribution in [2.75, 3.05) is 17.4 Å². The minimum Gasteiger partial charge on any atom is -0.355 e. The number of anilines is 1. The second-order valence-corrected chi connectivity index (χ2v) is 11.1. The Kier molecular flexibility index (Phi) is 9.59. The zero-order valence-corrected chi connectivity index (χ0v) is 23.1. The molecule has 0 saturated heterocycles. The van der Waals surface area contributed by atoms with Crippen LogP contribution in [0.1, 0.15) is 25.0 Å². The Morgan fingerprint density at radius 3 is 2.24 bits per heavy atom. The van der Waals surface area contributed by atoms with Crippen molar-refractivity contribution in [1.29, 1.82) is 0 Å². The predicted molar refractivity (Wildman–Crippen MR) is 147 cm³/mol. The van der Waals surface area contributed by atoms with Gasteiger partial charge in [0.1, 0.15) is 12.6 Å². The SMILES string of the molecule is CCNC(=O)[C@@H](C)N(Cc1ccccc1C)C(=O)CN(c1cccc(Cl)c1Cl)S(=O)(=O)c1ccccc1. The lowest BCUT2D eigenvalue weighted by molar-refractivity contribution is -0.139. The number of aryl methyl sites for hydroxylation is 1. The molecule has 0 fully saturated rings. The molecule has 3 aromatic rings. The second-order valence-electron chi connectivity index (χ2n) is 8.42. The molecule has 0 heterocycles. The Morgan fingerprint density at radius 2 is 1.59 bits per heavy atom. The average Bonchev–Trinajstić information content (AvgIpc) is 2.88. The highest BCUT2D eigenvalue weighted by atomic mass is 35.5. The summed E-state index contributed by atoms with van der Waals surface area (Å²) in [5.41, 5.74) is 1.84. The third-order valence-corrected chi connectivity index (χ3v) is 8.51. The topological polar surface area (TPSA) is 86.8 Å². The fourth-order valence-electron chi connectivity index (χ4n) is 3.79. The van der Waals surface area contributed by atoms with Gasteiger partial charge in [-0.15, -0.1) is 0 Å². The van der Waals surface area contributed by atoms with Crippen LogP contribution in [0.2, 0.25) is 10.0 Å². The highest BCUT2D eigenvalue weighted by Gasteiger charge is 2.33. The van der Waals surface area contributed by atoms with Crippen LogP contribution in [0.3, 0.4) is 0 Å². The number of halogens is 2. The molecular formula is C27H29Cl2N3O4S. The molecule has 0 bridgehead atoms. The van der Waals surface area contributed by atoms with Crippen LogP contribution >= 0.6 is 23.2 Å². The zero-order valence-electron chi connectivity index (χ0n) is 20.8. The second kappa shape index (κ2) is 12.4. The van der Waals surface area contributed by atoms with Crippen LogP contribution in [-0.4, -0.2) is 44.3 Å². The molecule has 0 aliphatic rings. The van der Waals surface area contributed by atoms with Gasteiger partial charge in [-0.05, 0) is 56.2 Å². The molecule has 37 heavy (non-hydrogen) atoms. The molecule has 7 nitrogen and oxygen atoms in total. The van der Waals surface area contributed by atoms with E-state index in [1.165, 1.54) is 29.2 Å². The first-order valence-electron chi connectivity index (χ1n) is 11.7. The van der Waals surface area contributed by atoms with Crippen molar-refractivity contribution in [2.24, 2.45) is 0 Å². The molecule has 2 amide bonds. The average molecular weight is 563 g/mol. The van der Waals surface area contributed by atoms with Crippen LogP contribution in [0.5, 0.6) is 0 Å². The summed E-state index contributed by atoms with van der Waals surface area (Å²) >= 11 is 12.6. The number of likely N-dealkylation sites (N-methyl/N-ethyl adjacent to an activating group) is 1. The molecule has 0 radical (unpaired) electrons. The first kappa shape index (κ1) is 28.5. The molecule has 0 unspecified atom stereocenters. The molecule has 3 rings (SSSR count). The van der Waals surface area contributed by atoms with Crippen LogP contribution in [0.15, 0.2) is 77.7 Å². The number of carbonyl (C=O) groups excluding carboxylic acids is 2. The van der Waals surface area contributed by atoms with E-state index in [-0.39, 0.29) is 33.1 Å². The van der Waals surface area contributed by atoms with Crippen molar-refractivity contribution < 1.29 is 18.0 Å². The van der Waals surface area contributed by atoms with Gasteiger partial charge < -0.3 is 10.2 Å². The molecule has 0 aliphatic heterocycles. The van der Waals surface area contributed by atoms with Crippen molar-refractivity contribution in [3.63, 3.8) is 0 Å². The normalized spacial score (nSPS) is 12.0. The number of rotatable bonds is 10. The van der Waals surface area contributed by atoms with Crippen LogP contribution < -0.4 is 9.62 Å². The summed E-state index contributed by atoms with van der Waals surface area (Å²) in [6.45, 7) is 5.23. The van der Waals surface area contributed by atoms with E-state index in [9.17, 15) is 18.0 Å². The molecule has 0 spiro atoms. The monoisotopic (exact) mass is 561 g/mol. The van der Waals surface area contributed by atoms with E-state index in [2.05, 4.69) is 5.32 Å². The number of nitrogens with one attached hydrogen (secondary N) is 1. The van der Waals surface area contributed by atoms with E-state index in [1.54, 1.807) is 38.1 Å². The molecule has 0 saturated carbocycles. The summed E-state index contributed by atoms with van der Waals surface area (Å²) < 4.78 is 28.4. The van der Waals surface area contributed by atoms with Gasteiger partial charge in [0.2, 0.25) is 11.8 Å². The molecule has 1 atom stereocenters. The number of carbonyl (C=O) groups is 2. The van der Waals surface area contributed by atoms with Crippen molar-refractivity contribution in [1.82, 2.24) is 10.2 Å². The lowest BCUT2D eigenvalue weighted by atomic mass is 10.1. The summed E-state index contributed by atoms with van der Waals surface area (Å²) in [6, 6.07) is 19.0. The van der Waals surface area contributed by atoms with Gasteiger partial charge in [-0.1, -0.05) is 71.7 Å². The van der Waals surface area contributed by atoms with Crippen LogP contribution in [0, 0.1) is 6.92 Å². The van der Waals surface area contributed by atoms with E-state index < -0.39 is 28.5 Å². The Morgan fingerprint density at radius 1 is 0.946 bits per heavy atom. The quantitative estimate of drug-likeness (QED) is 0.375. The third-order valence-electron chi connectivity index (χ3n) is 5.93. The standard InChI is InChI=1S/C27H29Cl2N3O4S/c1-4-30-27(34)20(3)31(17-21-12-9-8-11-19(21)2)25(33)18-32(24-16-10-15-23(28)26(24)29)37(35,36)22-13-6-5-7-14-22/h5-16,20H,4,17-18H2,1-3H3,(H,30,34)/t20-/m1/s1. The van der Waals surface area contributed by atoms with Gasteiger partial charge >= 0.3 is 0 Å². The van der Waals surface area contributed by atoms with Gasteiger partial charge in [-0.25, -0.2) is 8.42 Å². The van der Waals surface area contributed by atoms with E-state index in [4.69, 9.17) is 23.2 Å². The first-order chi connectivity index (χ1) is 17.6. The number of hydrogen-bond acceptors (Lipinski definition) is 4. The molecule has 0 aromatic heterocycles. The Balaban J connectivity index is 2.08. The summed E-state index contributed by atoms with van der Waals surface area (Å²) in [4.78, 5) is 28.0. The number of nitrogens with zero attached hydrogens (tertiary/aromatic N) is 2. The van der Waals surface area contributed by atoms with Crippen molar-refractivity contribution in [3.8, 4) is 0 Å². The fourth-order valence-corrected chi connectivity index (χ4v) is 5.69.